The lowest BCUT2D eigenvalue weighted by molar-refractivity contribution is 0.136. The topological polar surface area (TPSA) is 9.23 Å². The summed E-state index contributed by atoms with van der Waals surface area (Å²) in [4.78, 5) is 1.08. The maximum atomic E-state index is 13.3. The standard InChI is InChI=1S/C11H11FOS/c1-2-13-7-9-6-8-4-3-5-10(12)11(8)14-9/h3-6H,2,7H2,1H3. The van der Waals surface area contributed by atoms with Crippen molar-refractivity contribution in [2.24, 2.45) is 0 Å². The molecule has 0 amide bonds. The van der Waals surface area contributed by atoms with Crippen LogP contribution in [0.3, 0.4) is 0 Å². The zero-order valence-electron chi connectivity index (χ0n) is 7.92. The fourth-order valence-electron chi connectivity index (χ4n) is 1.35. The highest BCUT2D eigenvalue weighted by Crippen LogP contribution is 2.28. The molecule has 0 aliphatic heterocycles. The van der Waals surface area contributed by atoms with Gasteiger partial charge in [0.1, 0.15) is 5.82 Å². The summed E-state index contributed by atoms with van der Waals surface area (Å²) in [5.41, 5.74) is 0. The second-order valence-corrected chi connectivity index (χ2v) is 4.14. The van der Waals surface area contributed by atoms with Gasteiger partial charge in [-0.05, 0) is 24.4 Å². The lowest BCUT2D eigenvalue weighted by Gasteiger charge is -1.94. The van der Waals surface area contributed by atoms with Gasteiger partial charge in [0.25, 0.3) is 0 Å². The Morgan fingerprint density at radius 1 is 1.43 bits per heavy atom. The number of fused-ring (bicyclic) bond motifs is 1. The molecular weight excluding hydrogens is 199 g/mol. The highest BCUT2D eigenvalue weighted by molar-refractivity contribution is 7.19. The molecule has 1 aromatic heterocycles. The molecule has 0 saturated heterocycles. The Morgan fingerprint density at radius 3 is 3.00 bits per heavy atom. The fraction of sp³-hybridized carbons (Fsp3) is 0.273. The molecule has 1 nitrogen and oxygen atoms in total. The third kappa shape index (κ3) is 1.79. The third-order valence-corrected chi connectivity index (χ3v) is 3.13. The molecule has 2 rings (SSSR count). The quantitative estimate of drug-likeness (QED) is 0.752. The van der Waals surface area contributed by atoms with Crippen LogP contribution in [0, 0.1) is 5.82 Å². The van der Waals surface area contributed by atoms with Crippen molar-refractivity contribution in [1.82, 2.24) is 0 Å². The first-order valence-corrected chi connectivity index (χ1v) is 5.37. The van der Waals surface area contributed by atoms with Crippen LogP contribution in [0.15, 0.2) is 24.3 Å². The Kier molecular flexibility index (Phi) is 2.79. The van der Waals surface area contributed by atoms with Gasteiger partial charge in [-0.25, -0.2) is 4.39 Å². The van der Waals surface area contributed by atoms with E-state index in [9.17, 15) is 4.39 Å². The van der Waals surface area contributed by atoms with Crippen molar-refractivity contribution in [3.63, 3.8) is 0 Å². The lowest BCUT2D eigenvalue weighted by Crippen LogP contribution is -1.87. The second-order valence-electron chi connectivity index (χ2n) is 3.01. The minimum absolute atomic E-state index is 0.143. The Labute approximate surface area is 86.1 Å². The molecule has 0 radical (unpaired) electrons. The van der Waals surface area contributed by atoms with E-state index >= 15 is 0 Å². The summed E-state index contributed by atoms with van der Waals surface area (Å²) in [6, 6.07) is 7.13. The van der Waals surface area contributed by atoms with Gasteiger partial charge in [-0.1, -0.05) is 12.1 Å². The van der Waals surface area contributed by atoms with E-state index in [-0.39, 0.29) is 5.82 Å². The largest absolute Gasteiger partial charge is 0.376 e. The Hall–Kier alpha value is -0.930. The van der Waals surface area contributed by atoms with E-state index in [0.717, 1.165) is 15.0 Å². The summed E-state index contributed by atoms with van der Waals surface area (Å²) in [7, 11) is 0. The van der Waals surface area contributed by atoms with Crippen molar-refractivity contribution in [3.05, 3.63) is 35.0 Å². The van der Waals surface area contributed by atoms with Crippen LogP contribution in [0.4, 0.5) is 4.39 Å². The van der Waals surface area contributed by atoms with Crippen LogP contribution in [-0.2, 0) is 11.3 Å². The van der Waals surface area contributed by atoms with E-state index in [1.807, 2.05) is 19.1 Å². The smallest absolute Gasteiger partial charge is 0.140 e. The minimum Gasteiger partial charge on any atom is -0.376 e. The summed E-state index contributed by atoms with van der Waals surface area (Å²) in [6.07, 6.45) is 0. The highest BCUT2D eigenvalue weighted by Gasteiger charge is 2.05. The third-order valence-electron chi connectivity index (χ3n) is 2.00. The van der Waals surface area contributed by atoms with Crippen LogP contribution in [0.1, 0.15) is 11.8 Å². The van der Waals surface area contributed by atoms with Crippen LogP contribution >= 0.6 is 11.3 Å². The zero-order valence-corrected chi connectivity index (χ0v) is 8.73. The van der Waals surface area contributed by atoms with Gasteiger partial charge in [0.15, 0.2) is 0 Å². The number of halogens is 1. The molecule has 0 unspecified atom stereocenters. The van der Waals surface area contributed by atoms with Gasteiger partial charge in [-0.2, -0.15) is 0 Å². The fourth-order valence-corrected chi connectivity index (χ4v) is 2.36. The average molecular weight is 210 g/mol. The van der Waals surface area contributed by atoms with Gasteiger partial charge in [-0.15, -0.1) is 11.3 Å². The van der Waals surface area contributed by atoms with Gasteiger partial charge in [0, 0.05) is 11.5 Å². The molecule has 1 heterocycles. The van der Waals surface area contributed by atoms with Crippen molar-refractivity contribution < 1.29 is 9.13 Å². The van der Waals surface area contributed by atoms with E-state index in [0.29, 0.717) is 13.2 Å². The number of ether oxygens (including phenoxy) is 1. The summed E-state index contributed by atoms with van der Waals surface area (Å²) < 4.78 is 19.3. The Morgan fingerprint density at radius 2 is 2.29 bits per heavy atom. The molecule has 0 spiro atoms. The summed E-state index contributed by atoms with van der Waals surface area (Å²) in [6.45, 7) is 3.22. The number of benzene rings is 1. The predicted molar refractivity (Wildman–Crippen MR) is 57.1 cm³/mol. The minimum atomic E-state index is -0.143. The maximum Gasteiger partial charge on any atom is 0.140 e. The first-order valence-electron chi connectivity index (χ1n) is 4.56. The molecular formula is C11H11FOS. The molecule has 2 aromatic rings. The van der Waals surface area contributed by atoms with Crippen molar-refractivity contribution >= 4 is 21.4 Å². The second kappa shape index (κ2) is 4.07. The Bertz CT molecular complexity index is 436. The molecule has 0 atom stereocenters. The van der Waals surface area contributed by atoms with E-state index < -0.39 is 0 Å². The van der Waals surface area contributed by atoms with Gasteiger partial charge in [0.05, 0.1) is 11.3 Å². The van der Waals surface area contributed by atoms with Gasteiger partial charge < -0.3 is 4.74 Å². The summed E-state index contributed by atoms with van der Waals surface area (Å²) in [5.74, 6) is -0.143. The highest BCUT2D eigenvalue weighted by atomic mass is 32.1. The van der Waals surface area contributed by atoms with Gasteiger partial charge >= 0.3 is 0 Å². The molecule has 74 valence electrons. The Balaban J connectivity index is 2.36. The van der Waals surface area contributed by atoms with E-state index in [1.165, 1.54) is 17.4 Å². The van der Waals surface area contributed by atoms with Crippen LogP contribution in [0.5, 0.6) is 0 Å². The SMILES string of the molecule is CCOCc1cc2cccc(F)c2s1. The van der Waals surface area contributed by atoms with Crippen LogP contribution in [-0.4, -0.2) is 6.61 Å². The monoisotopic (exact) mass is 210 g/mol. The molecule has 0 aliphatic rings. The van der Waals surface area contributed by atoms with Crippen LogP contribution in [0.25, 0.3) is 10.1 Å². The molecule has 14 heavy (non-hydrogen) atoms. The summed E-state index contributed by atoms with van der Waals surface area (Å²) in [5, 5.41) is 0.963. The normalized spacial score (nSPS) is 11.0. The maximum absolute atomic E-state index is 13.3. The lowest BCUT2D eigenvalue weighted by atomic mass is 10.2. The first kappa shape index (κ1) is 9.62. The average Bonchev–Trinajstić information content (AvgIpc) is 2.59. The van der Waals surface area contributed by atoms with Crippen molar-refractivity contribution in [2.45, 2.75) is 13.5 Å². The molecule has 0 saturated carbocycles. The zero-order chi connectivity index (χ0) is 9.97. The summed E-state index contributed by atoms with van der Waals surface area (Å²) >= 11 is 1.46. The predicted octanol–water partition coefficient (Wildman–Crippen LogP) is 3.58. The first-order chi connectivity index (χ1) is 6.81. The van der Waals surface area contributed by atoms with E-state index in [4.69, 9.17) is 4.74 Å². The van der Waals surface area contributed by atoms with Crippen molar-refractivity contribution in [3.8, 4) is 0 Å². The van der Waals surface area contributed by atoms with Crippen molar-refractivity contribution in [2.75, 3.05) is 6.61 Å². The molecule has 0 bridgehead atoms. The van der Waals surface area contributed by atoms with E-state index in [1.54, 1.807) is 6.07 Å². The molecule has 3 heteroatoms. The molecule has 0 aliphatic carbocycles. The molecule has 0 N–H and O–H groups in total. The van der Waals surface area contributed by atoms with Crippen molar-refractivity contribution in [1.29, 1.82) is 0 Å². The van der Waals surface area contributed by atoms with E-state index in [2.05, 4.69) is 0 Å². The van der Waals surface area contributed by atoms with Crippen LogP contribution in [0.2, 0.25) is 0 Å². The van der Waals surface area contributed by atoms with Crippen LogP contribution < -0.4 is 0 Å². The number of hydrogen-bond acceptors (Lipinski definition) is 2. The molecule has 1 aromatic carbocycles. The number of rotatable bonds is 3. The van der Waals surface area contributed by atoms with Gasteiger partial charge in [0.2, 0.25) is 0 Å². The number of hydrogen-bond donors (Lipinski definition) is 0. The van der Waals surface area contributed by atoms with Gasteiger partial charge in [-0.3, -0.25) is 0 Å². The molecule has 0 fully saturated rings. The number of thiophene rings is 1.